The molecule has 2 aliphatic rings. The molecule has 6 rings (SSSR count). The average molecular weight is 486 g/mol. The predicted octanol–water partition coefficient (Wildman–Crippen LogP) is 2.91. The Bertz CT molecular complexity index is 1390. The van der Waals surface area contributed by atoms with Crippen LogP contribution in [0, 0.1) is 6.92 Å². The van der Waals surface area contributed by atoms with Crippen LogP contribution < -0.4 is 10.5 Å². The highest BCUT2D eigenvalue weighted by atomic mass is 16.5. The van der Waals surface area contributed by atoms with Gasteiger partial charge in [0, 0.05) is 49.6 Å². The minimum absolute atomic E-state index is 0.0979. The number of nitrogens with zero attached hydrogens (tertiary/aromatic N) is 6. The summed E-state index contributed by atoms with van der Waals surface area (Å²) in [6.45, 7) is 6.69. The fourth-order valence-corrected chi connectivity index (χ4v) is 5.43. The maximum atomic E-state index is 13.5. The summed E-state index contributed by atoms with van der Waals surface area (Å²) in [5, 5.41) is 13.8. The van der Waals surface area contributed by atoms with E-state index in [9.17, 15) is 4.79 Å². The van der Waals surface area contributed by atoms with Gasteiger partial charge in [-0.15, -0.1) is 5.10 Å². The highest BCUT2D eigenvalue weighted by molar-refractivity contribution is 5.79. The summed E-state index contributed by atoms with van der Waals surface area (Å²) in [5.41, 5.74) is 3.74. The molecule has 186 valence electrons. The van der Waals surface area contributed by atoms with Gasteiger partial charge in [0.2, 0.25) is 0 Å². The van der Waals surface area contributed by atoms with Crippen LogP contribution in [-0.4, -0.2) is 69.0 Å². The van der Waals surface area contributed by atoms with Crippen LogP contribution >= 0.6 is 0 Å². The standard InChI is InChI=1S/C27H31N7O2/c1-19-9-10-20-17-23(27(35)28-24(20)16-19)25(26-29-30-31-34(26)18-22-8-5-15-36-22)33-13-11-32(12-14-33)21-6-3-2-4-7-21/h2-4,6-7,9-10,16-17,22,25H,5,8,11-15,18H2,1H3,(H,28,35)/t22-,25+/m0/s1. The molecule has 4 heterocycles. The number of piperazine rings is 1. The topological polar surface area (TPSA) is 92.2 Å². The van der Waals surface area contributed by atoms with Crippen LogP contribution in [0.1, 0.15) is 35.8 Å². The van der Waals surface area contributed by atoms with Gasteiger partial charge in [-0.1, -0.05) is 30.3 Å². The van der Waals surface area contributed by atoms with Crippen molar-refractivity contribution in [3.05, 3.63) is 81.9 Å². The molecular formula is C27H31N7O2. The second-order valence-electron chi connectivity index (χ2n) is 9.76. The number of tetrazole rings is 1. The van der Waals surface area contributed by atoms with Crippen LogP contribution in [0.3, 0.4) is 0 Å². The number of ether oxygens (including phenoxy) is 1. The summed E-state index contributed by atoms with van der Waals surface area (Å²) in [6.07, 6.45) is 2.15. The van der Waals surface area contributed by atoms with Crippen molar-refractivity contribution in [1.82, 2.24) is 30.1 Å². The first kappa shape index (κ1) is 22.9. The molecule has 0 bridgehead atoms. The molecule has 0 saturated carbocycles. The van der Waals surface area contributed by atoms with Crippen LogP contribution in [0.25, 0.3) is 10.9 Å². The molecule has 2 saturated heterocycles. The minimum Gasteiger partial charge on any atom is -0.376 e. The lowest BCUT2D eigenvalue weighted by molar-refractivity contribution is 0.0906. The van der Waals surface area contributed by atoms with Gasteiger partial charge < -0.3 is 14.6 Å². The number of nitrogens with one attached hydrogen (secondary N) is 1. The number of rotatable bonds is 6. The Hall–Kier alpha value is -3.56. The number of benzene rings is 2. The molecule has 0 radical (unpaired) electrons. The lowest BCUT2D eigenvalue weighted by Crippen LogP contribution is -2.49. The second-order valence-corrected chi connectivity index (χ2v) is 9.76. The van der Waals surface area contributed by atoms with Gasteiger partial charge in [-0.3, -0.25) is 9.69 Å². The monoisotopic (exact) mass is 485 g/mol. The molecule has 1 N–H and O–H groups in total. The number of aryl methyl sites for hydroxylation is 1. The smallest absolute Gasteiger partial charge is 0.253 e. The van der Waals surface area contributed by atoms with Gasteiger partial charge in [0.15, 0.2) is 5.82 Å². The fraction of sp³-hybridized carbons (Fsp3) is 0.407. The zero-order valence-corrected chi connectivity index (χ0v) is 20.5. The maximum absolute atomic E-state index is 13.5. The average Bonchev–Trinajstić information content (AvgIpc) is 3.58. The number of aromatic nitrogens is 5. The molecule has 2 aromatic heterocycles. The summed E-state index contributed by atoms with van der Waals surface area (Å²) >= 11 is 0. The van der Waals surface area contributed by atoms with Crippen molar-refractivity contribution in [1.29, 1.82) is 0 Å². The first-order valence-electron chi connectivity index (χ1n) is 12.7. The molecule has 4 aromatic rings. The van der Waals surface area contributed by atoms with E-state index in [1.165, 1.54) is 5.69 Å². The number of hydrogen-bond acceptors (Lipinski definition) is 7. The Morgan fingerprint density at radius 2 is 1.92 bits per heavy atom. The number of para-hydroxylation sites is 1. The third-order valence-electron chi connectivity index (χ3n) is 7.33. The summed E-state index contributed by atoms with van der Waals surface area (Å²) in [7, 11) is 0. The quantitative estimate of drug-likeness (QED) is 0.449. The number of hydrogen-bond donors (Lipinski definition) is 1. The van der Waals surface area contributed by atoms with Gasteiger partial charge in [-0.25, -0.2) is 4.68 Å². The molecule has 2 fully saturated rings. The number of fused-ring (bicyclic) bond motifs is 1. The van der Waals surface area contributed by atoms with Gasteiger partial charge in [0.1, 0.15) is 6.04 Å². The van der Waals surface area contributed by atoms with Crippen molar-refractivity contribution in [2.24, 2.45) is 0 Å². The molecule has 0 amide bonds. The maximum Gasteiger partial charge on any atom is 0.253 e. The molecule has 0 spiro atoms. The van der Waals surface area contributed by atoms with Crippen LogP contribution in [0.5, 0.6) is 0 Å². The Morgan fingerprint density at radius 1 is 1.08 bits per heavy atom. The Kier molecular flexibility index (Phi) is 6.25. The van der Waals surface area contributed by atoms with E-state index in [1.54, 1.807) is 0 Å². The number of H-pyrrole nitrogens is 1. The van der Waals surface area contributed by atoms with Crippen LogP contribution in [0.15, 0.2) is 59.4 Å². The first-order chi connectivity index (χ1) is 17.7. The lowest BCUT2D eigenvalue weighted by atomic mass is 10.0. The number of anilines is 1. The van der Waals surface area contributed by atoms with Gasteiger partial charge >= 0.3 is 0 Å². The summed E-state index contributed by atoms with van der Waals surface area (Å²) in [6, 6.07) is 18.3. The SMILES string of the molecule is Cc1ccc2cc([C@H](c3nnnn3C[C@@H]3CCCO3)N3CCN(c4ccccc4)CC3)c(=O)[nH]c2c1. The molecule has 2 aromatic carbocycles. The van der Waals surface area contributed by atoms with Crippen molar-refractivity contribution >= 4 is 16.6 Å². The van der Waals surface area contributed by atoms with Crippen molar-refractivity contribution in [2.75, 3.05) is 37.7 Å². The highest BCUT2D eigenvalue weighted by Crippen LogP contribution is 2.29. The third kappa shape index (κ3) is 4.52. The number of aromatic amines is 1. The second kappa shape index (κ2) is 9.83. The molecule has 9 heteroatoms. The molecule has 36 heavy (non-hydrogen) atoms. The zero-order valence-electron chi connectivity index (χ0n) is 20.5. The van der Waals surface area contributed by atoms with Gasteiger partial charge in [0.05, 0.1) is 12.6 Å². The van der Waals surface area contributed by atoms with Crippen LogP contribution in [0.2, 0.25) is 0 Å². The molecule has 9 nitrogen and oxygen atoms in total. The van der Waals surface area contributed by atoms with E-state index in [4.69, 9.17) is 4.74 Å². The van der Waals surface area contributed by atoms with Crippen molar-refractivity contribution < 1.29 is 4.74 Å². The van der Waals surface area contributed by atoms with E-state index >= 15 is 0 Å². The third-order valence-corrected chi connectivity index (χ3v) is 7.33. The van der Waals surface area contributed by atoms with Gasteiger partial charge in [0.25, 0.3) is 5.56 Å². The molecule has 2 aliphatic heterocycles. The van der Waals surface area contributed by atoms with Gasteiger partial charge in [-0.2, -0.15) is 0 Å². The lowest BCUT2D eigenvalue weighted by Gasteiger charge is -2.39. The normalized spacial score (nSPS) is 19.7. The van der Waals surface area contributed by atoms with Crippen molar-refractivity contribution in [3.8, 4) is 0 Å². The van der Waals surface area contributed by atoms with Crippen LogP contribution in [-0.2, 0) is 11.3 Å². The van der Waals surface area contributed by atoms with E-state index < -0.39 is 0 Å². The predicted molar refractivity (Wildman–Crippen MR) is 138 cm³/mol. The summed E-state index contributed by atoms with van der Waals surface area (Å²) < 4.78 is 7.70. The van der Waals surface area contributed by atoms with E-state index in [1.807, 2.05) is 29.8 Å². The zero-order chi connectivity index (χ0) is 24.5. The van der Waals surface area contributed by atoms with E-state index in [2.05, 4.69) is 66.7 Å². The summed E-state index contributed by atoms with van der Waals surface area (Å²) in [5.74, 6) is 0.690. The molecule has 2 atom stereocenters. The highest BCUT2D eigenvalue weighted by Gasteiger charge is 2.33. The molecule has 0 aliphatic carbocycles. The minimum atomic E-state index is -0.353. The van der Waals surface area contributed by atoms with E-state index in [0.717, 1.165) is 62.1 Å². The van der Waals surface area contributed by atoms with Crippen molar-refractivity contribution in [2.45, 2.75) is 38.5 Å². The van der Waals surface area contributed by atoms with E-state index in [-0.39, 0.29) is 17.7 Å². The Labute approximate surface area is 209 Å². The first-order valence-corrected chi connectivity index (χ1v) is 12.7. The Morgan fingerprint density at radius 3 is 2.69 bits per heavy atom. The fourth-order valence-electron chi connectivity index (χ4n) is 5.43. The van der Waals surface area contributed by atoms with Crippen LogP contribution in [0.4, 0.5) is 5.69 Å². The summed E-state index contributed by atoms with van der Waals surface area (Å²) in [4.78, 5) is 21.3. The molecule has 0 unspecified atom stereocenters. The van der Waals surface area contributed by atoms with E-state index in [0.29, 0.717) is 17.9 Å². The number of pyridine rings is 1. The van der Waals surface area contributed by atoms with Crippen molar-refractivity contribution in [3.63, 3.8) is 0 Å². The largest absolute Gasteiger partial charge is 0.376 e. The molecular weight excluding hydrogens is 454 g/mol. The Balaban J connectivity index is 1.37. The van der Waals surface area contributed by atoms with Gasteiger partial charge in [-0.05, 0) is 65.4 Å².